The van der Waals surface area contributed by atoms with Gasteiger partial charge in [0.1, 0.15) is 24.4 Å². The van der Waals surface area contributed by atoms with E-state index in [9.17, 15) is 14.4 Å². The maximum absolute atomic E-state index is 12.5. The van der Waals surface area contributed by atoms with Gasteiger partial charge in [-0.3, -0.25) is 14.4 Å². The lowest BCUT2D eigenvalue weighted by atomic mass is 10.3. The van der Waals surface area contributed by atoms with Crippen molar-refractivity contribution in [3.8, 4) is 0 Å². The number of nitrogens with two attached hydrogens (primary N) is 2. The number of amides is 3. The normalized spacial score (nSPS) is 14.1. The fourth-order valence-electron chi connectivity index (χ4n) is 2.52. The Morgan fingerprint density at radius 2 is 1.89 bits per heavy atom. The van der Waals surface area contributed by atoms with E-state index in [4.69, 9.17) is 11.5 Å². The van der Waals surface area contributed by atoms with Crippen molar-refractivity contribution in [1.29, 1.82) is 0 Å². The lowest BCUT2D eigenvalue weighted by Crippen LogP contribution is -2.51. The molecule has 0 spiro atoms. The van der Waals surface area contributed by atoms with E-state index in [0.717, 1.165) is 0 Å². The third-order valence-corrected chi connectivity index (χ3v) is 3.77. The first-order valence-corrected chi connectivity index (χ1v) is 7.95. The van der Waals surface area contributed by atoms with E-state index >= 15 is 0 Å². The Hall–Kier alpha value is -3.83. The van der Waals surface area contributed by atoms with E-state index in [1.165, 1.54) is 12.4 Å². The van der Waals surface area contributed by atoms with Gasteiger partial charge in [-0.2, -0.15) is 4.98 Å². The molecule has 0 unspecified atom stereocenters. The molecule has 0 aliphatic carbocycles. The first kappa shape index (κ1) is 18.0. The van der Waals surface area contributed by atoms with E-state index in [1.54, 1.807) is 22.2 Å². The maximum Gasteiger partial charge on any atom is 0.267 e. The zero-order chi connectivity index (χ0) is 19.4. The Balaban J connectivity index is 1.80. The van der Waals surface area contributed by atoms with E-state index in [1.807, 2.05) is 0 Å². The second-order valence-electron chi connectivity index (χ2n) is 5.69. The van der Waals surface area contributed by atoms with Crippen molar-refractivity contribution >= 4 is 35.2 Å². The summed E-state index contributed by atoms with van der Waals surface area (Å²) in [5, 5.41) is 2.69. The molecule has 1 fully saturated rings. The maximum atomic E-state index is 12.5. The zero-order valence-corrected chi connectivity index (χ0v) is 14.2. The summed E-state index contributed by atoms with van der Waals surface area (Å²) in [4.78, 5) is 54.3. The first-order valence-electron chi connectivity index (χ1n) is 7.95. The molecule has 5 N–H and O–H groups in total. The Morgan fingerprint density at radius 3 is 2.52 bits per heavy atom. The molecule has 0 atom stereocenters. The number of piperazine rings is 1. The van der Waals surface area contributed by atoms with Crippen molar-refractivity contribution in [3.63, 3.8) is 0 Å². The Morgan fingerprint density at radius 1 is 1.15 bits per heavy atom. The molecule has 0 aromatic carbocycles. The zero-order valence-electron chi connectivity index (χ0n) is 14.2. The van der Waals surface area contributed by atoms with Crippen LogP contribution >= 0.6 is 0 Å². The molecule has 0 radical (unpaired) electrons. The molecular weight excluding hydrogens is 354 g/mol. The molecule has 3 amide bonds. The summed E-state index contributed by atoms with van der Waals surface area (Å²) in [7, 11) is 0. The molecule has 27 heavy (non-hydrogen) atoms. The predicted molar refractivity (Wildman–Crippen MR) is 94.8 cm³/mol. The van der Waals surface area contributed by atoms with Crippen LogP contribution in [-0.2, 0) is 9.59 Å². The minimum absolute atomic E-state index is 0.00757. The largest absolute Gasteiger partial charge is 0.368 e. The first-order chi connectivity index (χ1) is 12.9. The van der Waals surface area contributed by atoms with Gasteiger partial charge in [0.25, 0.3) is 5.91 Å². The van der Waals surface area contributed by atoms with E-state index in [2.05, 4.69) is 25.3 Å². The summed E-state index contributed by atoms with van der Waals surface area (Å²) in [5.74, 6) is -1.19. The molecule has 0 saturated carbocycles. The number of hydrogen-bond donors (Lipinski definition) is 3. The summed E-state index contributed by atoms with van der Waals surface area (Å²) in [6.07, 6.45) is 4.49. The standard InChI is InChI=1S/C15H17N9O3/c16-11(25)6-20-12-3-10(14(17)27)21-15(22-12)23-1-2-24(13(26)7-23)9-4-18-8-19-5-9/h3-5,8H,1-2,6-7H2,(H2,16,25)(H2,17,27)(H,20,21,22). The van der Waals surface area contributed by atoms with Crippen LogP contribution in [-0.4, -0.2) is 63.8 Å². The molecule has 3 heterocycles. The monoisotopic (exact) mass is 371 g/mol. The topological polar surface area (TPSA) is 173 Å². The number of aromatic nitrogens is 4. The van der Waals surface area contributed by atoms with Crippen molar-refractivity contribution in [3.05, 3.63) is 30.5 Å². The highest BCUT2D eigenvalue weighted by Gasteiger charge is 2.27. The van der Waals surface area contributed by atoms with Gasteiger partial charge in [-0.15, -0.1) is 0 Å². The van der Waals surface area contributed by atoms with Crippen LogP contribution in [0.1, 0.15) is 10.5 Å². The highest BCUT2D eigenvalue weighted by molar-refractivity contribution is 5.97. The van der Waals surface area contributed by atoms with Gasteiger partial charge >= 0.3 is 0 Å². The van der Waals surface area contributed by atoms with Crippen LogP contribution in [0.15, 0.2) is 24.8 Å². The van der Waals surface area contributed by atoms with Gasteiger partial charge in [-0.05, 0) is 0 Å². The number of nitrogens with one attached hydrogen (secondary N) is 1. The number of hydrogen-bond acceptors (Lipinski definition) is 9. The Kier molecular flexibility index (Phi) is 5.06. The van der Waals surface area contributed by atoms with E-state index < -0.39 is 11.8 Å². The van der Waals surface area contributed by atoms with Crippen LogP contribution < -0.4 is 26.6 Å². The van der Waals surface area contributed by atoms with Crippen molar-refractivity contribution in [2.24, 2.45) is 11.5 Å². The SMILES string of the molecule is NC(=O)CNc1cc(C(N)=O)nc(N2CCN(c3cncnc3)C(=O)C2)n1. The molecular formula is C15H17N9O3. The van der Waals surface area contributed by atoms with Crippen LogP contribution in [0.2, 0.25) is 0 Å². The third kappa shape index (κ3) is 4.23. The Bertz CT molecular complexity index is 874. The minimum Gasteiger partial charge on any atom is -0.368 e. The van der Waals surface area contributed by atoms with Crippen molar-refractivity contribution in [2.75, 3.05) is 41.3 Å². The van der Waals surface area contributed by atoms with Crippen molar-refractivity contribution in [2.45, 2.75) is 0 Å². The summed E-state index contributed by atoms with van der Waals surface area (Å²) >= 11 is 0. The van der Waals surface area contributed by atoms with Crippen molar-refractivity contribution < 1.29 is 14.4 Å². The molecule has 12 heteroatoms. The highest BCUT2D eigenvalue weighted by Crippen LogP contribution is 2.19. The summed E-state index contributed by atoms with van der Waals surface area (Å²) in [6.45, 7) is 0.597. The van der Waals surface area contributed by atoms with Gasteiger partial charge in [-0.25, -0.2) is 15.0 Å². The van der Waals surface area contributed by atoms with Gasteiger partial charge in [-0.1, -0.05) is 0 Å². The van der Waals surface area contributed by atoms with E-state index in [0.29, 0.717) is 18.8 Å². The van der Waals surface area contributed by atoms with Crippen LogP contribution in [0, 0.1) is 0 Å². The molecule has 3 rings (SSSR count). The molecule has 1 aliphatic heterocycles. The molecule has 2 aromatic heterocycles. The fraction of sp³-hybridized carbons (Fsp3) is 0.267. The van der Waals surface area contributed by atoms with Gasteiger partial charge < -0.3 is 26.6 Å². The smallest absolute Gasteiger partial charge is 0.267 e. The molecule has 1 aliphatic rings. The number of primary amides is 2. The highest BCUT2D eigenvalue weighted by atomic mass is 16.2. The van der Waals surface area contributed by atoms with Crippen LogP contribution in [0.3, 0.4) is 0 Å². The fourth-order valence-corrected chi connectivity index (χ4v) is 2.52. The molecule has 1 saturated heterocycles. The molecule has 12 nitrogen and oxygen atoms in total. The second kappa shape index (κ2) is 7.59. The van der Waals surface area contributed by atoms with Crippen LogP contribution in [0.5, 0.6) is 0 Å². The average molecular weight is 371 g/mol. The number of nitrogens with zero attached hydrogens (tertiary/aromatic N) is 6. The second-order valence-corrected chi connectivity index (χ2v) is 5.69. The molecule has 2 aromatic rings. The molecule has 0 bridgehead atoms. The summed E-state index contributed by atoms with van der Waals surface area (Å²) < 4.78 is 0. The number of carbonyl (C=O) groups is 3. The van der Waals surface area contributed by atoms with Crippen molar-refractivity contribution in [1.82, 2.24) is 19.9 Å². The van der Waals surface area contributed by atoms with Crippen LogP contribution in [0.25, 0.3) is 0 Å². The van der Waals surface area contributed by atoms with Gasteiger partial charge in [0.15, 0.2) is 0 Å². The van der Waals surface area contributed by atoms with E-state index in [-0.39, 0.29) is 36.5 Å². The summed E-state index contributed by atoms with van der Waals surface area (Å²) in [5.41, 5.74) is 11.0. The lowest BCUT2D eigenvalue weighted by Gasteiger charge is -2.34. The number of rotatable bonds is 6. The average Bonchev–Trinajstić information content (AvgIpc) is 2.66. The lowest BCUT2D eigenvalue weighted by molar-refractivity contribution is -0.118. The predicted octanol–water partition coefficient (Wildman–Crippen LogP) is -1.88. The van der Waals surface area contributed by atoms with Gasteiger partial charge in [0, 0.05) is 19.2 Å². The quantitative estimate of drug-likeness (QED) is 0.525. The van der Waals surface area contributed by atoms with Gasteiger partial charge in [0.05, 0.1) is 24.6 Å². The number of carbonyl (C=O) groups excluding carboxylic acids is 3. The molecule has 140 valence electrons. The van der Waals surface area contributed by atoms with Crippen LogP contribution in [0.4, 0.5) is 17.5 Å². The third-order valence-electron chi connectivity index (χ3n) is 3.77. The minimum atomic E-state index is -0.757. The number of anilines is 3. The Labute approximate surface area is 153 Å². The van der Waals surface area contributed by atoms with Gasteiger partial charge in [0.2, 0.25) is 17.8 Å². The summed E-state index contributed by atoms with van der Waals surface area (Å²) in [6, 6.07) is 1.31.